The van der Waals surface area contributed by atoms with Crippen molar-refractivity contribution in [3.8, 4) is 22.5 Å². The maximum Gasteiger partial charge on any atom is 0.254 e. The molecule has 1 aromatic heterocycles. The number of amides is 2. The summed E-state index contributed by atoms with van der Waals surface area (Å²) in [6, 6.07) is 24.6. The Balaban J connectivity index is 1.10. The molecule has 40 heavy (non-hydrogen) atoms. The highest BCUT2D eigenvalue weighted by molar-refractivity contribution is 5.96. The number of hydrogen-bond acceptors (Lipinski definition) is 5. The van der Waals surface area contributed by atoms with Crippen LogP contribution in [0.4, 0.5) is 0 Å². The van der Waals surface area contributed by atoms with Crippen molar-refractivity contribution in [1.29, 1.82) is 0 Å². The molecule has 3 aliphatic rings. The van der Waals surface area contributed by atoms with E-state index in [1.165, 1.54) is 0 Å². The molecule has 0 spiro atoms. The Labute approximate surface area is 237 Å². The second-order valence-electron chi connectivity index (χ2n) is 11.4. The number of likely N-dealkylation sites (N-methyl/N-ethyl adjacent to an activating group) is 1. The lowest BCUT2D eigenvalue weighted by Gasteiger charge is -2.43. The summed E-state index contributed by atoms with van der Waals surface area (Å²) in [6.45, 7) is 5.89. The van der Waals surface area contributed by atoms with E-state index in [1.54, 1.807) is 0 Å². The number of carbonyl (C=O) groups is 2. The third kappa shape index (κ3) is 5.67. The van der Waals surface area contributed by atoms with Gasteiger partial charge in [-0.25, -0.2) is 4.98 Å². The van der Waals surface area contributed by atoms with Crippen molar-refractivity contribution in [2.75, 3.05) is 52.9 Å². The van der Waals surface area contributed by atoms with Crippen LogP contribution in [0.1, 0.15) is 36.0 Å². The Kier molecular flexibility index (Phi) is 7.93. The van der Waals surface area contributed by atoms with Crippen molar-refractivity contribution < 1.29 is 9.59 Å². The number of likely N-dealkylation sites (tertiary alicyclic amines) is 2. The molecule has 0 aliphatic carbocycles. The van der Waals surface area contributed by atoms with Crippen molar-refractivity contribution in [3.05, 3.63) is 78.4 Å². The van der Waals surface area contributed by atoms with Crippen molar-refractivity contribution in [2.45, 2.75) is 37.8 Å². The highest BCUT2D eigenvalue weighted by Crippen LogP contribution is 2.27. The number of rotatable bonds is 5. The average Bonchev–Trinajstić information content (AvgIpc) is 3.46. The second kappa shape index (κ2) is 11.9. The highest BCUT2D eigenvalue weighted by atomic mass is 16.2. The van der Waals surface area contributed by atoms with Gasteiger partial charge in [-0.2, -0.15) is 0 Å². The molecule has 0 bridgehead atoms. The first-order valence-corrected chi connectivity index (χ1v) is 14.7. The number of carbonyl (C=O) groups excluding carboxylic acids is 2. The van der Waals surface area contributed by atoms with Crippen molar-refractivity contribution in [2.24, 2.45) is 0 Å². The minimum absolute atomic E-state index is 0.0671. The van der Waals surface area contributed by atoms with Gasteiger partial charge in [0, 0.05) is 62.0 Å². The van der Waals surface area contributed by atoms with E-state index in [9.17, 15) is 9.59 Å². The van der Waals surface area contributed by atoms with E-state index >= 15 is 0 Å². The van der Waals surface area contributed by atoms with Gasteiger partial charge < -0.3 is 9.80 Å². The monoisotopic (exact) mass is 537 g/mol. The summed E-state index contributed by atoms with van der Waals surface area (Å²) in [6.07, 6.45) is 4.14. The van der Waals surface area contributed by atoms with Gasteiger partial charge >= 0.3 is 0 Å². The van der Waals surface area contributed by atoms with Crippen LogP contribution in [0.3, 0.4) is 0 Å². The van der Waals surface area contributed by atoms with E-state index in [0.717, 1.165) is 80.9 Å². The molecular formula is C33H39N5O2. The Morgan fingerprint density at radius 2 is 1.27 bits per heavy atom. The molecule has 2 aromatic carbocycles. The first-order valence-electron chi connectivity index (χ1n) is 14.7. The standard InChI is InChI=1S/C33H39N5O2/c1-35-16-8-13-31(35)33(40)37-17-14-28(15-18-37)36-19-21-38(22-20-36)32(39)27-23-29(25-9-4-2-5-10-25)34-30(24-27)26-11-6-3-7-12-26/h2-7,9-12,23-24,28,31H,8,13-22H2,1H3/t31-/m0/s1. The van der Waals surface area contributed by atoms with Gasteiger partial charge in [-0.3, -0.25) is 19.4 Å². The molecule has 4 heterocycles. The van der Waals surface area contributed by atoms with Crippen LogP contribution in [-0.4, -0.2) is 101 Å². The molecule has 1 atom stereocenters. The molecule has 6 rings (SSSR count). The van der Waals surface area contributed by atoms with E-state index in [2.05, 4.69) is 21.7 Å². The predicted octanol–water partition coefficient (Wildman–Crippen LogP) is 4.26. The molecule has 7 nitrogen and oxygen atoms in total. The van der Waals surface area contributed by atoms with Gasteiger partial charge in [-0.1, -0.05) is 60.7 Å². The first-order chi connectivity index (χ1) is 19.6. The second-order valence-corrected chi connectivity index (χ2v) is 11.4. The van der Waals surface area contributed by atoms with Crippen LogP contribution in [0, 0.1) is 0 Å². The number of nitrogens with zero attached hydrogens (tertiary/aromatic N) is 5. The number of benzene rings is 2. The van der Waals surface area contributed by atoms with Crippen LogP contribution in [0.2, 0.25) is 0 Å². The maximum absolute atomic E-state index is 13.8. The fourth-order valence-electron chi connectivity index (χ4n) is 6.52. The van der Waals surface area contributed by atoms with Gasteiger partial charge in [0.1, 0.15) is 0 Å². The topological polar surface area (TPSA) is 60.0 Å². The largest absolute Gasteiger partial charge is 0.341 e. The van der Waals surface area contributed by atoms with Crippen LogP contribution >= 0.6 is 0 Å². The van der Waals surface area contributed by atoms with E-state index in [4.69, 9.17) is 4.98 Å². The van der Waals surface area contributed by atoms with E-state index in [-0.39, 0.29) is 11.9 Å². The van der Waals surface area contributed by atoms with Gasteiger partial charge in [0.25, 0.3) is 5.91 Å². The number of piperidine rings is 1. The number of hydrogen-bond donors (Lipinski definition) is 0. The Bertz CT molecular complexity index is 1260. The maximum atomic E-state index is 13.8. The summed E-state index contributed by atoms with van der Waals surface area (Å²) in [4.78, 5) is 40.5. The van der Waals surface area contributed by atoms with Crippen molar-refractivity contribution in [1.82, 2.24) is 24.6 Å². The quantitative estimate of drug-likeness (QED) is 0.487. The van der Waals surface area contributed by atoms with Crippen molar-refractivity contribution in [3.63, 3.8) is 0 Å². The molecule has 3 aromatic rings. The van der Waals surface area contributed by atoms with E-state index in [0.29, 0.717) is 30.6 Å². The summed E-state index contributed by atoms with van der Waals surface area (Å²) < 4.78 is 0. The normalized spacial score (nSPS) is 21.1. The Morgan fingerprint density at radius 1 is 0.700 bits per heavy atom. The molecular weight excluding hydrogens is 498 g/mol. The third-order valence-electron chi connectivity index (χ3n) is 8.91. The van der Waals surface area contributed by atoms with E-state index in [1.807, 2.05) is 77.7 Å². The van der Waals surface area contributed by atoms with Crippen LogP contribution in [0.5, 0.6) is 0 Å². The minimum atomic E-state index is 0.0671. The summed E-state index contributed by atoms with van der Waals surface area (Å²) >= 11 is 0. The molecule has 3 saturated heterocycles. The molecule has 2 amide bonds. The average molecular weight is 538 g/mol. The van der Waals surface area contributed by atoms with Gasteiger partial charge in [-0.05, 0) is 51.4 Å². The molecule has 0 unspecified atom stereocenters. The molecule has 208 valence electrons. The summed E-state index contributed by atoms with van der Waals surface area (Å²) in [5.74, 6) is 0.383. The molecule has 0 saturated carbocycles. The molecule has 0 N–H and O–H groups in total. The van der Waals surface area contributed by atoms with Crippen LogP contribution in [0.15, 0.2) is 72.8 Å². The van der Waals surface area contributed by atoms with Crippen LogP contribution in [-0.2, 0) is 4.79 Å². The predicted molar refractivity (Wildman–Crippen MR) is 158 cm³/mol. The fraction of sp³-hybridized carbons (Fsp3) is 0.424. The minimum Gasteiger partial charge on any atom is -0.341 e. The lowest BCUT2D eigenvalue weighted by Crippen LogP contribution is -2.55. The summed E-state index contributed by atoms with van der Waals surface area (Å²) in [5.41, 5.74) is 4.32. The SMILES string of the molecule is CN1CCC[C@H]1C(=O)N1CCC(N2CCN(C(=O)c3cc(-c4ccccc4)nc(-c4ccccc4)c3)CC2)CC1. The highest BCUT2D eigenvalue weighted by Gasteiger charge is 2.35. The smallest absolute Gasteiger partial charge is 0.254 e. The molecule has 3 fully saturated rings. The van der Waals surface area contributed by atoms with Gasteiger partial charge in [0.2, 0.25) is 5.91 Å². The summed E-state index contributed by atoms with van der Waals surface area (Å²) in [5, 5.41) is 0. The zero-order chi connectivity index (χ0) is 27.5. The molecule has 7 heteroatoms. The van der Waals surface area contributed by atoms with E-state index < -0.39 is 0 Å². The molecule has 3 aliphatic heterocycles. The van der Waals surface area contributed by atoms with Crippen LogP contribution < -0.4 is 0 Å². The fourth-order valence-corrected chi connectivity index (χ4v) is 6.52. The van der Waals surface area contributed by atoms with Gasteiger partial charge in [-0.15, -0.1) is 0 Å². The van der Waals surface area contributed by atoms with Gasteiger partial charge in [0.05, 0.1) is 17.4 Å². The first kappa shape index (κ1) is 26.7. The zero-order valence-corrected chi connectivity index (χ0v) is 23.4. The lowest BCUT2D eigenvalue weighted by molar-refractivity contribution is -0.137. The Hall–Kier alpha value is -3.55. The van der Waals surface area contributed by atoms with Crippen LogP contribution in [0.25, 0.3) is 22.5 Å². The third-order valence-corrected chi connectivity index (χ3v) is 8.91. The lowest BCUT2D eigenvalue weighted by atomic mass is 10.0. The number of pyridine rings is 1. The Morgan fingerprint density at radius 3 is 1.80 bits per heavy atom. The molecule has 0 radical (unpaired) electrons. The number of piperazine rings is 1. The number of aromatic nitrogens is 1. The van der Waals surface area contributed by atoms with Gasteiger partial charge in [0.15, 0.2) is 0 Å². The van der Waals surface area contributed by atoms with Crippen molar-refractivity contribution >= 4 is 11.8 Å². The summed E-state index contributed by atoms with van der Waals surface area (Å²) in [7, 11) is 2.07. The zero-order valence-electron chi connectivity index (χ0n) is 23.4.